The molecule has 1 amide bonds. The van der Waals surface area contributed by atoms with Gasteiger partial charge in [0.15, 0.2) is 11.5 Å². The Morgan fingerprint density at radius 3 is 2.48 bits per heavy atom. The van der Waals surface area contributed by atoms with Gasteiger partial charge in [0.25, 0.3) is 0 Å². The van der Waals surface area contributed by atoms with Crippen LogP contribution in [0, 0.1) is 0 Å². The molecule has 0 bridgehead atoms. The minimum atomic E-state index is -0.728. The second-order valence-electron chi connectivity index (χ2n) is 6.94. The molecule has 4 rings (SSSR count). The van der Waals surface area contributed by atoms with Crippen molar-refractivity contribution in [1.29, 1.82) is 0 Å². The van der Waals surface area contributed by atoms with Crippen molar-refractivity contribution >= 4 is 16.9 Å². The van der Waals surface area contributed by atoms with Crippen LogP contribution in [0.4, 0.5) is 0 Å². The van der Waals surface area contributed by atoms with Crippen molar-refractivity contribution in [1.82, 2.24) is 14.5 Å². The first-order chi connectivity index (χ1) is 14.0. The highest BCUT2D eigenvalue weighted by molar-refractivity contribution is 5.80. The Labute approximate surface area is 166 Å². The van der Waals surface area contributed by atoms with E-state index in [-0.39, 0.29) is 18.5 Å². The number of fused-ring (bicyclic) bond motifs is 2. The van der Waals surface area contributed by atoms with Crippen LogP contribution in [0.15, 0.2) is 52.1 Å². The lowest BCUT2D eigenvalue weighted by Crippen LogP contribution is -2.43. The molecule has 1 aliphatic rings. The predicted octanol–water partition coefficient (Wildman–Crippen LogP) is 1.35. The number of hydrogen-bond donors (Lipinski definition) is 1. The number of nitrogens with one attached hydrogen (secondary N) is 1. The van der Waals surface area contributed by atoms with E-state index in [1.807, 2.05) is 25.1 Å². The highest BCUT2D eigenvalue weighted by Gasteiger charge is 2.18. The van der Waals surface area contributed by atoms with Gasteiger partial charge in [-0.05, 0) is 36.8 Å². The van der Waals surface area contributed by atoms with Gasteiger partial charge < -0.3 is 19.4 Å². The van der Waals surface area contributed by atoms with Crippen molar-refractivity contribution in [2.75, 3.05) is 13.2 Å². The van der Waals surface area contributed by atoms with E-state index in [0.29, 0.717) is 35.7 Å². The average Bonchev–Trinajstić information content (AvgIpc) is 2.74. The lowest BCUT2D eigenvalue weighted by atomic mass is 10.1. The number of carbonyl (C=O) groups excluding carboxylic acids is 1. The minimum Gasteiger partial charge on any atom is -0.486 e. The second kappa shape index (κ2) is 7.46. The van der Waals surface area contributed by atoms with Crippen molar-refractivity contribution in [2.24, 2.45) is 7.05 Å². The number of rotatable bonds is 4. The van der Waals surface area contributed by atoms with Crippen LogP contribution in [0.25, 0.3) is 11.0 Å². The number of ether oxygens (including phenoxy) is 2. The van der Waals surface area contributed by atoms with Crippen LogP contribution in [0.2, 0.25) is 0 Å². The molecule has 0 radical (unpaired) electrons. The van der Waals surface area contributed by atoms with Crippen LogP contribution in [0.5, 0.6) is 11.5 Å². The smallest absolute Gasteiger partial charge is 0.317 e. The van der Waals surface area contributed by atoms with Crippen molar-refractivity contribution in [3.63, 3.8) is 0 Å². The number of carbonyl (C=O) groups is 1. The molecule has 0 fully saturated rings. The molecule has 8 nitrogen and oxygen atoms in total. The SMILES string of the molecule is C[C@H](NC(=O)Cn1c(=O)c(=O)n(C)c2ccccc21)c1ccc2c(c1)OCCO2. The maximum absolute atomic E-state index is 12.6. The molecule has 2 aromatic carbocycles. The highest BCUT2D eigenvalue weighted by atomic mass is 16.6. The predicted molar refractivity (Wildman–Crippen MR) is 107 cm³/mol. The van der Waals surface area contributed by atoms with Crippen LogP contribution in [-0.4, -0.2) is 28.3 Å². The molecule has 0 spiro atoms. The molecule has 1 atom stereocenters. The Hall–Kier alpha value is -3.55. The lowest BCUT2D eigenvalue weighted by molar-refractivity contribution is -0.122. The van der Waals surface area contributed by atoms with Gasteiger partial charge in [0.1, 0.15) is 19.8 Å². The number of aryl methyl sites for hydroxylation is 1. The first kappa shape index (κ1) is 18.8. The Morgan fingerprint density at radius 1 is 1.03 bits per heavy atom. The highest BCUT2D eigenvalue weighted by Crippen LogP contribution is 2.32. The zero-order valence-electron chi connectivity index (χ0n) is 16.2. The maximum Gasteiger partial charge on any atom is 0.317 e. The molecule has 1 aliphatic heterocycles. The van der Waals surface area contributed by atoms with Gasteiger partial charge in [0.2, 0.25) is 5.91 Å². The molecular weight excluding hydrogens is 374 g/mol. The van der Waals surface area contributed by atoms with Crippen LogP contribution in [-0.2, 0) is 18.4 Å². The quantitative estimate of drug-likeness (QED) is 0.674. The van der Waals surface area contributed by atoms with Crippen molar-refractivity contribution in [3.05, 3.63) is 68.7 Å². The molecular formula is C21H21N3O5. The van der Waals surface area contributed by atoms with Gasteiger partial charge in [-0.3, -0.25) is 19.0 Å². The number of hydrogen-bond acceptors (Lipinski definition) is 5. The molecule has 0 saturated carbocycles. The summed E-state index contributed by atoms with van der Waals surface area (Å²) in [7, 11) is 1.54. The summed E-state index contributed by atoms with van der Waals surface area (Å²) < 4.78 is 13.6. The Morgan fingerprint density at radius 2 is 1.72 bits per heavy atom. The third-order valence-electron chi connectivity index (χ3n) is 5.01. The fourth-order valence-electron chi connectivity index (χ4n) is 3.45. The van der Waals surface area contributed by atoms with Crippen molar-refractivity contribution < 1.29 is 14.3 Å². The number of amides is 1. The monoisotopic (exact) mass is 395 g/mol. The molecule has 3 aromatic rings. The van der Waals surface area contributed by atoms with Crippen molar-refractivity contribution in [2.45, 2.75) is 19.5 Å². The Bertz CT molecular complexity index is 1210. The Kier molecular flexibility index (Phi) is 4.84. The summed E-state index contributed by atoms with van der Waals surface area (Å²) in [5, 5.41) is 2.87. The molecule has 1 N–H and O–H groups in total. The third kappa shape index (κ3) is 3.49. The molecule has 0 saturated heterocycles. The molecule has 29 heavy (non-hydrogen) atoms. The van der Waals surface area contributed by atoms with Gasteiger partial charge in [-0.2, -0.15) is 0 Å². The van der Waals surface area contributed by atoms with E-state index in [9.17, 15) is 14.4 Å². The summed E-state index contributed by atoms with van der Waals surface area (Å²) in [6, 6.07) is 12.2. The normalized spacial score (nSPS) is 13.9. The van der Waals surface area contributed by atoms with Crippen molar-refractivity contribution in [3.8, 4) is 11.5 Å². The maximum atomic E-state index is 12.6. The fraction of sp³-hybridized carbons (Fsp3) is 0.286. The third-order valence-corrected chi connectivity index (χ3v) is 5.01. The van der Waals surface area contributed by atoms with Gasteiger partial charge in [0, 0.05) is 7.05 Å². The molecule has 2 heterocycles. The van der Waals surface area contributed by atoms with Crippen LogP contribution in [0.1, 0.15) is 18.5 Å². The number of nitrogens with zero attached hydrogens (tertiary/aromatic N) is 2. The zero-order chi connectivity index (χ0) is 20.5. The summed E-state index contributed by atoms with van der Waals surface area (Å²) in [5.74, 6) is 0.952. The van der Waals surface area contributed by atoms with E-state index in [4.69, 9.17) is 9.47 Å². The average molecular weight is 395 g/mol. The molecule has 1 aromatic heterocycles. The number of aromatic nitrogens is 2. The van der Waals surface area contributed by atoms with Gasteiger partial charge >= 0.3 is 11.1 Å². The van der Waals surface area contributed by atoms with Gasteiger partial charge in [-0.15, -0.1) is 0 Å². The van der Waals surface area contributed by atoms with Gasteiger partial charge in [0.05, 0.1) is 17.1 Å². The zero-order valence-corrected chi connectivity index (χ0v) is 16.2. The first-order valence-electron chi connectivity index (χ1n) is 9.33. The van der Waals surface area contributed by atoms with Gasteiger partial charge in [-0.1, -0.05) is 18.2 Å². The summed E-state index contributed by atoms with van der Waals surface area (Å²) in [6.07, 6.45) is 0. The molecule has 8 heteroatoms. The summed E-state index contributed by atoms with van der Waals surface area (Å²) >= 11 is 0. The number of para-hydroxylation sites is 2. The fourth-order valence-corrected chi connectivity index (χ4v) is 3.45. The van der Waals surface area contributed by atoms with Gasteiger partial charge in [-0.25, -0.2) is 0 Å². The topological polar surface area (TPSA) is 91.6 Å². The standard InChI is InChI=1S/C21H21N3O5/c1-13(14-7-8-17-18(11-14)29-10-9-28-17)22-19(25)12-24-16-6-4-3-5-15(16)23(2)20(26)21(24)27/h3-8,11,13H,9-10,12H2,1-2H3,(H,22,25)/t13-/m0/s1. The molecule has 0 aliphatic carbocycles. The minimum absolute atomic E-state index is 0.246. The van der Waals surface area contributed by atoms with E-state index in [2.05, 4.69) is 5.32 Å². The summed E-state index contributed by atoms with van der Waals surface area (Å²) in [4.78, 5) is 37.4. The lowest BCUT2D eigenvalue weighted by Gasteiger charge is -2.21. The number of benzene rings is 2. The van der Waals surface area contributed by atoms with Crippen LogP contribution < -0.4 is 25.9 Å². The first-order valence-corrected chi connectivity index (χ1v) is 9.33. The summed E-state index contributed by atoms with van der Waals surface area (Å²) in [6.45, 7) is 2.59. The van der Waals surface area contributed by atoms with E-state index in [0.717, 1.165) is 5.56 Å². The Balaban J connectivity index is 1.58. The van der Waals surface area contributed by atoms with E-state index < -0.39 is 11.1 Å². The van der Waals surface area contributed by atoms with Crippen LogP contribution in [0.3, 0.4) is 0 Å². The van der Waals surface area contributed by atoms with E-state index >= 15 is 0 Å². The van der Waals surface area contributed by atoms with E-state index in [1.54, 1.807) is 31.3 Å². The van der Waals surface area contributed by atoms with E-state index in [1.165, 1.54) is 9.13 Å². The molecule has 0 unspecified atom stereocenters. The summed E-state index contributed by atoms with van der Waals surface area (Å²) in [5.41, 5.74) is 0.569. The van der Waals surface area contributed by atoms with Crippen LogP contribution >= 0.6 is 0 Å². The molecule has 150 valence electrons. The largest absolute Gasteiger partial charge is 0.486 e. The second-order valence-corrected chi connectivity index (χ2v) is 6.94.